The van der Waals surface area contributed by atoms with E-state index in [2.05, 4.69) is 23.0 Å². The molecule has 0 radical (unpaired) electrons. The standard InChI is InChI=1S/C22H21N3O2S/c1-11-4-5-16-17(6-11)28-22-18(16)21(27)24-20(25-22)15(10-23)9-14-7-12(2)19(26)13(3)8-14/h7-9,11,26H,4-6H2,1-3H3,(H,24,25,27)/b15-9-. The van der Waals surface area contributed by atoms with Gasteiger partial charge in [0.15, 0.2) is 5.82 Å². The average Bonchev–Trinajstić information content (AvgIpc) is 3.01. The van der Waals surface area contributed by atoms with Gasteiger partial charge < -0.3 is 10.1 Å². The number of nitrogens with one attached hydrogen (secondary N) is 1. The van der Waals surface area contributed by atoms with Crippen LogP contribution in [-0.2, 0) is 12.8 Å². The summed E-state index contributed by atoms with van der Waals surface area (Å²) < 4.78 is 0. The summed E-state index contributed by atoms with van der Waals surface area (Å²) in [6.07, 6.45) is 4.67. The minimum atomic E-state index is -0.175. The maximum Gasteiger partial charge on any atom is 0.260 e. The molecule has 0 amide bonds. The Hall–Kier alpha value is -2.91. The van der Waals surface area contributed by atoms with E-state index in [-0.39, 0.29) is 17.1 Å². The molecule has 1 aliphatic rings. The van der Waals surface area contributed by atoms with E-state index >= 15 is 0 Å². The summed E-state index contributed by atoms with van der Waals surface area (Å²) in [5.41, 5.74) is 3.51. The number of aryl methyl sites for hydroxylation is 3. The highest BCUT2D eigenvalue weighted by Crippen LogP contribution is 2.36. The topological polar surface area (TPSA) is 89.8 Å². The molecule has 6 heteroatoms. The fraction of sp³-hybridized carbons (Fsp3) is 0.318. The molecule has 0 aliphatic heterocycles. The van der Waals surface area contributed by atoms with Crippen molar-refractivity contribution in [3.8, 4) is 11.8 Å². The Labute approximate surface area is 167 Å². The van der Waals surface area contributed by atoms with Crippen molar-refractivity contribution < 1.29 is 5.11 Å². The summed E-state index contributed by atoms with van der Waals surface area (Å²) in [7, 11) is 0. The number of hydrogen-bond acceptors (Lipinski definition) is 5. The largest absolute Gasteiger partial charge is 0.507 e. The van der Waals surface area contributed by atoms with Crippen molar-refractivity contribution >= 4 is 33.2 Å². The van der Waals surface area contributed by atoms with E-state index < -0.39 is 0 Å². The third-order valence-corrected chi connectivity index (χ3v) is 6.51. The first kappa shape index (κ1) is 18.5. The van der Waals surface area contributed by atoms with Crippen molar-refractivity contribution in [2.24, 2.45) is 5.92 Å². The maximum absolute atomic E-state index is 12.8. The van der Waals surface area contributed by atoms with Gasteiger partial charge in [-0.2, -0.15) is 5.26 Å². The molecule has 0 spiro atoms. The van der Waals surface area contributed by atoms with Crippen LogP contribution in [0.2, 0.25) is 0 Å². The lowest BCUT2D eigenvalue weighted by Gasteiger charge is -2.17. The van der Waals surface area contributed by atoms with Crippen molar-refractivity contribution in [3.63, 3.8) is 0 Å². The zero-order valence-corrected chi connectivity index (χ0v) is 16.9. The van der Waals surface area contributed by atoms with Gasteiger partial charge in [0.25, 0.3) is 5.56 Å². The summed E-state index contributed by atoms with van der Waals surface area (Å²) in [5.74, 6) is 1.16. The normalized spacial score (nSPS) is 16.8. The van der Waals surface area contributed by atoms with Crippen molar-refractivity contribution in [1.29, 1.82) is 5.26 Å². The number of nitrogens with zero attached hydrogens (tertiary/aromatic N) is 2. The average molecular weight is 391 g/mol. The van der Waals surface area contributed by atoms with Crippen LogP contribution in [0.3, 0.4) is 0 Å². The molecule has 5 nitrogen and oxygen atoms in total. The van der Waals surface area contributed by atoms with E-state index in [0.717, 1.165) is 41.5 Å². The lowest BCUT2D eigenvalue weighted by atomic mass is 9.89. The zero-order valence-electron chi connectivity index (χ0n) is 16.1. The molecule has 4 rings (SSSR count). The van der Waals surface area contributed by atoms with Gasteiger partial charge in [-0.25, -0.2) is 4.98 Å². The Kier molecular flexibility index (Phi) is 4.56. The SMILES string of the molecule is Cc1cc(/C=C(/C#N)c2nc3sc4c(c3c(=O)[nH]2)CCC(C)C4)cc(C)c1O. The Morgan fingerprint density at radius 3 is 2.79 bits per heavy atom. The van der Waals surface area contributed by atoms with E-state index in [1.165, 1.54) is 4.88 Å². The highest BCUT2D eigenvalue weighted by atomic mass is 32.1. The van der Waals surface area contributed by atoms with Crippen LogP contribution in [0.15, 0.2) is 16.9 Å². The number of thiophene rings is 1. The molecule has 2 N–H and O–H groups in total. The fourth-order valence-electron chi connectivity index (χ4n) is 3.87. The summed E-state index contributed by atoms with van der Waals surface area (Å²) >= 11 is 1.57. The number of phenols is 1. The van der Waals surface area contributed by atoms with Crippen LogP contribution in [0.5, 0.6) is 5.75 Å². The highest BCUT2D eigenvalue weighted by Gasteiger charge is 2.23. The number of aromatic hydroxyl groups is 1. The molecule has 1 atom stereocenters. The minimum Gasteiger partial charge on any atom is -0.507 e. The number of phenolic OH excluding ortho intramolecular Hbond substituents is 1. The Balaban J connectivity index is 1.84. The number of aromatic nitrogens is 2. The second-order valence-electron chi connectivity index (χ2n) is 7.62. The summed E-state index contributed by atoms with van der Waals surface area (Å²) in [5, 5.41) is 20.3. The summed E-state index contributed by atoms with van der Waals surface area (Å²) in [6, 6.07) is 5.77. The Morgan fingerprint density at radius 1 is 1.39 bits per heavy atom. The second kappa shape index (κ2) is 6.92. The van der Waals surface area contributed by atoms with Crippen LogP contribution in [0, 0.1) is 31.1 Å². The molecule has 0 fully saturated rings. The van der Waals surface area contributed by atoms with Gasteiger partial charge >= 0.3 is 0 Å². The van der Waals surface area contributed by atoms with Gasteiger partial charge in [0.05, 0.1) is 11.0 Å². The van der Waals surface area contributed by atoms with E-state index in [0.29, 0.717) is 21.7 Å². The number of H-pyrrole nitrogens is 1. The fourth-order valence-corrected chi connectivity index (χ4v) is 5.25. The monoisotopic (exact) mass is 391 g/mol. The van der Waals surface area contributed by atoms with Gasteiger partial charge in [0.2, 0.25) is 0 Å². The van der Waals surface area contributed by atoms with Crippen molar-refractivity contribution in [1.82, 2.24) is 9.97 Å². The van der Waals surface area contributed by atoms with E-state index in [9.17, 15) is 15.2 Å². The number of benzene rings is 1. The van der Waals surface area contributed by atoms with Gasteiger partial charge in [-0.15, -0.1) is 11.3 Å². The number of nitriles is 1. The molecule has 142 valence electrons. The number of rotatable bonds is 2. The molecule has 1 aliphatic carbocycles. The zero-order chi connectivity index (χ0) is 20.0. The van der Waals surface area contributed by atoms with Gasteiger partial charge in [-0.05, 0) is 79.5 Å². The van der Waals surface area contributed by atoms with E-state index in [1.807, 2.05) is 26.0 Å². The first-order chi connectivity index (χ1) is 13.4. The molecule has 1 unspecified atom stereocenters. The van der Waals surface area contributed by atoms with Gasteiger partial charge in [0.1, 0.15) is 16.6 Å². The first-order valence-corrected chi connectivity index (χ1v) is 10.2. The predicted octanol–water partition coefficient (Wildman–Crippen LogP) is 4.50. The number of aromatic amines is 1. The smallest absolute Gasteiger partial charge is 0.260 e. The first-order valence-electron chi connectivity index (χ1n) is 9.34. The number of fused-ring (bicyclic) bond motifs is 3. The summed E-state index contributed by atoms with van der Waals surface area (Å²) in [6.45, 7) is 5.86. The van der Waals surface area contributed by atoms with Crippen LogP contribution in [0.25, 0.3) is 21.9 Å². The molecule has 2 heterocycles. The quantitative estimate of drug-likeness (QED) is 0.630. The van der Waals surface area contributed by atoms with E-state index in [1.54, 1.807) is 17.4 Å². The summed E-state index contributed by atoms with van der Waals surface area (Å²) in [4.78, 5) is 22.2. The Bertz CT molecular complexity index is 1200. The van der Waals surface area contributed by atoms with Crippen LogP contribution >= 0.6 is 11.3 Å². The molecule has 0 saturated heterocycles. The lowest BCUT2D eigenvalue weighted by Crippen LogP contribution is -2.14. The molecule has 28 heavy (non-hydrogen) atoms. The van der Waals surface area contributed by atoms with Crippen LogP contribution in [0.4, 0.5) is 0 Å². The van der Waals surface area contributed by atoms with Gasteiger partial charge in [-0.3, -0.25) is 4.79 Å². The van der Waals surface area contributed by atoms with Gasteiger partial charge in [-0.1, -0.05) is 6.92 Å². The minimum absolute atomic E-state index is 0.175. The number of hydrogen-bond donors (Lipinski definition) is 2. The van der Waals surface area contributed by atoms with Crippen molar-refractivity contribution in [2.75, 3.05) is 0 Å². The van der Waals surface area contributed by atoms with Crippen LogP contribution in [0.1, 0.15) is 46.3 Å². The maximum atomic E-state index is 12.8. The molecule has 0 bridgehead atoms. The number of allylic oxidation sites excluding steroid dienone is 1. The van der Waals surface area contributed by atoms with Crippen LogP contribution < -0.4 is 5.56 Å². The molecule has 3 aromatic rings. The van der Waals surface area contributed by atoms with Crippen molar-refractivity contribution in [3.05, 3.63) is 55.4 Å². The Morgan fingerprint density at radius 2 is 2.11 bits per heavy atom. The second-order valence-corrected chi connectivity index (χ2v) is 8.70. The molecular formula is C22H21N3O2S. The van der Waals surface area contributed by atoms with Crippen molar-refractivity contribution in [2.45, 2.75) is 40.0 Å². The van der Waals surface area contributed by atoms with Gasteiger partial charge in [0, 0.05) is 4.88 Å². The molecule has 0 saturated carbocycles. The molecule has 1 aromatic carbocycles. The third-order valence-electron chi connectivity index (χ3n) is 5.37. The molecule has 2 aromatic heterocycles. The predicted molar refractivity (Wildman–Crippen MR) is 112 cm³/mol. The molecular weight excluding hydrogens is 370 g/mol. The highest BCUT2D eigenvalue weighted by molar-refractivity contribution is 7.18. The third kappa shape index (κ3) is 3.12. The van der Waals surface area contributed by atoms with Crippen LogP contribution in [-0.4, -0.2) is 15.1 Å². The lowest BCUT2D eigenvalue weighted by molar-refractivity contribution is 0.467. The van der Waals surface area contributed by atoms with E-state index in [4.69, 9.17) is 0 Å².